The molecule has 48 valence electrons. The molecule has 0 spiro atoms. The number of amides is 2. The van der Waals surface area contributed by atoms with Gasteiger partial charge in [0, 0.05) is 0 Å². The Morgan fingerprint density at radius 2 is 2.44 bits per heavy atom. The molecule has 0 N–H and O–H groups in total. The summed E-state index contributed by atoms with van der Waals surface area (Å²) in [7, 11) is 1.34. The van der Waals surface area contributed by atoms with Crippen LogP contribution in [0.2, 0.25) is 0 Å². The fourth-order valence-electron chi connectivity index (χ4n) is 0.679. The van der Waals surface area contributed by atoms with Gasteiger partial charge < -0.3 is 4.74 Å². The topological polar surface area (TPSA) is 46.6 Å². The molecular weight excluding hydrogens is 121 g/mol. The van der Waals surface area contributed by atoms with Crippen LogP contribution in [0.1, 0.15) is 0 Å². The Labute approximate surface area is 53.2 Å². The van der Waals surface area contributed by atoms with E-state index in [1.807, 2.05) is 0 Å². The van der Waals surface area contributed by atoms with Gasteiger partial charge in [-0.15, -0.1) is 0 Å². The first-order chi connectivity index (χ1) is 4.22. The lowest BCUT2D eigenvalue weighted by molar-refractivity contribution is 0.163. The van der Waals surface area contributed by atoms with E-state index in [9.17, 15) is 9.59 Å². The van der Waals surface area contributed by atoms with E-state index in [0.717, 1.165) is 4.90 Å². The van der Waals surface area contributed by atoms with Crippen molar-refractivity contribution < 1.29 is 14.3 Å². The van der Waals surface area contributed by atoms with Gasteiger partial charge in [-0.25, -0.2) is 4.79 Å². The standard InChI is InChI=1S/C4H6BNO3/c5-3(7)6-1-2-9-4(6)8/h1-2,5H2. The molecule has 0 bridgehead atoms. The lowest BCUT2D eigenvalue weighted by atomic mass is 10.1. The van der Waals surface area contributed by atoms with Crippen LogP contribution >= 0.6 is 0 Å². The van der Waals surface area contributed by atoms with Crippen LogP contribution in [0.15, 0.2) is 0 Å². The Morgan fingerprint density at radius 1 is 1.78 bits per heavy atom. The van der Waals surface area contributed by atoms with Gasteiger partial charge in [0.15, 0.2) is 5.81 Å². The van der Waals surface area contributed by atoms with E-state index in [1.165, 1.54) is 7.85 Å². The Balaban J connectivity index is 2.60. The number of carbonyl (C=O) groups excluding carboxylic acids is 2. The molecule has 1 saturated heterocycles. The zero-order valence-corrected chi connectivity index (χ0v) is 5.09. The van der Waals surface area contributed by atoms with Gasteiger partial charge in [-0.05, 0) is 0 Å². The molecule has 9 heavy (non-hydrogen) atoms. The second-order valence-corrected chi connectivity index (χ2v) is 1.79. The molecule has 5 heteroatoms. The van der Waals surface area contributed by atoms with Crippen LogP contribution < -0.4 is 0 Å². The summed E-state index contributed by atoms with van der Waals surface area (Å²) in [5.74, 6) is -0.252. The molecule has 0 aromatic carbocycles. The zero-order valence-electron chi connectivity index (χ0n) is 5.09. The van der Waals surface area contributed by atoms with Gasteiger partial charge in [0.25, 0.3) is 0 Å². The number of rotatable bonds is 0. The molecule has 0 unspecified atom stereocenters. The highest BCUT2D eigenvalue weighted by atomic mass is 16.6. The van der Waals surface area contributed by atoms with E-state index in [-0.39, 0.29) is 5.81 Å². The van der Waals surface area contributed by atoms with Gasteiger partial charge in [0.2, 0.25) is 7.85 Å². The fraction of sp³-hybridized carbons (Fsp3) is 0.500. The van der Waals surface area contributed by atoms with Crippen molar-refractivity contribution in [3.8, 4) is 0 Å². The van der Waals surface area contributed by atoms with Crippen LogP contribution in [0.5, 0.6) is 0 Å². The van der Waals surface area contributed by atoms with Crippen molar-refractivity contribution in [2.45, 2.75) is 0 Å². The first-order valence-electron chi connectivity index (χ1n) is 2.66. The summed E-state index contributed by atoms with van der Waals surface area (Å²) < 4.78 is 4.49. The van der Waals surface area contributed by atoms with Crippen molar-refractivity contribution in [1.29, 1.82) is 0 Å². The minimum absolute atomic E-state index is 0.252. The van der Waals surface area contributed by atoms with Gasteiger partial charge in [-0.1, -0.05) is 0 Å². The third kappa shape index (κ3) is 1.04. The van der Waals surface area contributed by atoms with Crippen molar-refractivity contribution in [2.75, 3.05) is 13.2 Å². The molecule has 0 aromatic rings. The van der Waals surface area contributed by atoms with Gasteiger partial charge in [-0.2, -0.15) is 0 Å². The highest BCUT2D eigenvalue weighted by molar-refractivity contribution is 6.58. The van der Waals surface area contributed by atoms with E-state index in [0.29, 0.717) is 13.2 Å². The second-order valence-electron chi connectivity index (χ2n) is 1.79. The molecule has 0 aromatic heterocycles. The molecule has 0 atom stereocenters. The highest BCUT2D eigenvalue weighted by Crippen LogP contribution is 2.01. The number of cyclic esters (lactones) is 1. The Morgan fingerprint density at radius 3 is 2.67 bits per heavy atom. The number of imide groups is 1. The van der Waals surface area contributed by atoms with Crippen molar-refractivity contribution in [1.82, 2.24) is 4.90 Å². The molecule has 1 aliphatic rings. The smallest absolute Gasteiger partial charge is 0.415 e. The summed E-state index contributed by atoms with van der Waals surface area (Å²) in [6.07, 6.45) is -0.525. The Bertz CT molecular complexity index is 158. The average Bonchev–Trinajstić information content (AvgIpc) is 2.13. The average molecular weight is 127 g/mol. The molecule has 0 radical (unpaired) electrons. The summed E-state index contributed by atoms with van der Waals surface area (Å²) in [6.45, 7) is 0.729. The van der Waals surface area contributed by atoms with Crippen molar-refractivity contribution in [3.05, 3.63) is 0 Å². The number of ether oxygens (including phenoxy) is 1. The first kappa shape index (κ1) is 6.13. The molecule has 1 rings (SSSR count). The predicted molar refractivity (Wildman–Crippen MR) is 32.0 cm³/mol. The predicted octanol–water partition coefficient (Wildman–Crippen LogP) is -0.808. The number of hydrogen-bond acceptors (Lipinski definition) is 3. The Kier molecular flexibility index (Phi) is 1.42. The lowest BCUT2D eigenvalue weighted by Crippen LogP contribution is -2.30. The molecule has 0 aliphatic carbocycles. The van der Waals surface area contributed by atoms with Gasteiger partial charge >= 0.3 is 6.09 Å². The minimum Gasteiger partial charge on any atom is -0.447 e. The number of nitrogens with zero attached hydrogens (tertiary/aromatic N) is 1. The monoisotopic (exact) mass is 127 g/mol. The zero-order chi connectivity index (χ0) is 6.85. The summed E-state index contributed by atoms with van der Waals surface area (Å²) >= 11 is 0. The normalized spacial score (nSPS) is 17.8. The van der Waals surface area contributed by atoms with Gasteiger partial charge in [0.1, 0.15) is 6.61 Å². The third-order valence-electron chi connectivity index (χ3n) is 1.14. The largest absolute Gasteiger partial charge is 0.447 e. The van der Waals surface area contributed by atoms with E-state index in [2.05, 4.69) is 4.74 Å². The lowest BCUT2D eigenvalue weighted by Gasteiger charge is -2.04. The third-order valence-corrected chi connectivity index (χ3v) is 1.14. The summed E-state index contributed by atoms with van der Waals surface area (Å²) in [4.78, 5) is 22.0. The van der Waals surface area contributed by atoms with Crippen molar-refractivity contribution >= 4 is 19.7 Å². The van der Waals surface area contributed by atoms with E-state index in [4.69, 9.17) is 0 Å². The fourth-order valence-corrected chi connectivity index (χ4v) is 0.679. The van der Waals surface area contributed by atoms with E-state index < -0.39 is 6.09 Å². The molecule has 1 heterocycles. The van der Waals surface area contributed by atoms with Gasteiger partial charge in [0.05, 0.1) is 6.54 Å². The van der Waals surface area contributed by atoms with E-state index >= 15 is 0 Å². The van der Waals surface area contributed by atoms with Crippen LogP contribution in [0.25, 0.3) is 0 Å². The minimum atomic E-state index is -0.525. The molecule has 1 aliphatic heterocycles. The maximum atomic E-state index is 10.5. The molecule has 2 amide bonds. The molecule has 0 saturated carbocycles. The van der Waals surface area contributed by atoms with Crippen LogP contribution in [-0.4, -0.2) is 37.8 Å². The maximum absolute atomic E-state index is 10.5. The highest BCUT2D eigenvalue weighted by Gasteiger charge is 2.24. The quantitative estimate of drug-likeness (QED) is 0.400. The van der Waals surface area contributed by atoms with Crippen LogP contribution in [-0.2, 0) is 4.74 Å². The molecule has 1 fully saturated rings. The molecule has 4 nitrogen and oxygen atoms in total. The second kappa shape index (κ2) is 2.09. The van der Waals surface area contributed by atoms with Crippen molar-refractivity contribution in [3.63, 3.8) is 0 Å². The SMILES string of the molecule is BC(=O)N1CCOC1=O. The molecular formula is C4H6BNO3. The van der Waals surface area contributed by atoms with Crippen LogP contribution in [0, 0.1) is 0 Å². The van der Waals surface area contributed by atoms with Crippen LogP contribution in [0.4, 0.5) is 9.59 Å². The summed E-state index contributed by atoms with van der Waals surface area (Å²) in [5.41, 5.74) is 0. The van der Waals surface area contributed by atoms with Crippen molar-refractivity contribution in [2.24, 2.45) is 0 Å². The van der Waals surface area contributed by atoms with Gasteiger partial charge in [-0.3, -0.25) is 9.69 Å². The number of carbonyl (C=O) groups is 2. The summed E-state index contributed by atoms with van der Waals surface area (Å²) in [6, 6.07) is 0. The maximum Gasteiger partial charge on any atom is 0.415 e. The van der Waals surface area contributed by atoms with Crippen LogP contribution in [0.3, 0.4) is 0 Å². The first-order valence-corrected chi connectivity index (χ1v) is 2.66. The summed E-state index contributed by atoms with van der Waals surface area (Å²) in [5, 5.41) is 0. The van der Waals surface area contributed by atoms with E-state index in [1.54, 1.807) is 0 Å². The number of hydrogen-bond donors (Lipinski definition) is 0. The Hall–Kier alpha value is -0.995.